The number of aliphatic carboxylic acids is 1. The first-order valence-electron chi connectivity index (χ1n) is 6.24. The zero-order chi connectivity index (χ0) is 16.7. The van der Waals surface area contributed by atoms with Gasteiger partial charge in [0.2, 0.25) is 0 Å². The van der Waals surface area contributed by atoms with Gasteiger partial charge in [-0.3, -0.25) is 0 Å². The maximum absolute atomic E-state index is 11.0. The van der Waals surface area contributed by atoms with E-state index < -0.39 is 18.0 Å². The third-order valence-corrected chi connectivity index (χ3v) is 2.92. The lowest BCUT2D eigenvalue weighted by Gasteiger charge is -2.05. The number of rotatable bonds is 8. The van der Waals surface area contributed by atoms with Gasteiger partial charge < -0.3 is 21.1 Å². The molecule has 1 atom stereocenters. The van der Waals surface area contributed by atoms with Crippen molar-refractivity contribution < 1.29 is 24.9 Å². The molecule has 0 radical (unpaired) electrons. The van der Waals surface area contributed by atoms with Crippen molar-refractivity contribution in [2.24, 2.45) is 16.0 Å². The third kappa shape index (κ3) is 5.44. The molecule has 9 heteroatoms. The maximum atomic E-state index is 11.0. The van der Waals surface area contributed by atoms with Gasteiger partial charge in [0.1, 0.15) is 11.3 Å². The van der Waals surface area contributed by atoms with Crippen LogP contribution in [0.25, 0.3) is 0 Å². The molecule has 0 fully saturated rings. The molecular formula is C13H15N3O5S. The van der Waals surface area contributed by atoms with Crippen LogP contribution in [0.1, 0.15) is 28.8 Å². The molecule has 1 unspecified atom stereocenters. The number of carboxylic acid groups (broad SMARTS) is 2. The van der Waals surface area contributed by atoms with Crippen LogP contribution in [0, 0.1) is 0 Å². The molecule has 0 aliphatic heterocycles. The van der Waals surface area contributed by atoms with Gasteiger partial charge in [-0.2, -0.15) is 10.2 Å². The summed E-state index contributed by atoms with van der Waals surface area (Å²) in [5.74, 6) is -2.76. The summed E-state index contributed by atoms with van der Waals surface area (Å²) in [7, 11) is 0. The summed E-state index contributed by atoms with van der Waals surface area (Å²) in [6, 6.07) is 2.90. The van der Waals surface area contributed by atoms with Crippen LogP contribution in [0.3, 0.4) is 0 Å². The van der Waals surface area contributed by atoms with Crippen molar-refractivity contribution in [3.63, 3.8) is 0 Å². The Morgan fingerprint density at radius 2 is 2.00 bits per heavy atom. The Bertz CT molecular complexity index is 618. The summed E-state index contributed by atoms with van der Waals surface area (Å²) in [6.07, 6.45) is 0.387. The van der Waals surface area contributed by atoms with Crippen molar-refractivity contribution in [2.75, 3.05) is 0 Å². The van der Waals surface area contributed by atoms with E-state index in [0.717, 1.165) is 0 Å². The number of aromatic hydroxyl groups is 1. The molecule has 1 aromatic carbocycles. The van der Waals surface area contributed by atoms with Gasteiger partial charge in [-0.1, -0.05) is 18.3 Å². The van der Waals surface area contributed by atoms with Crippen molar-refractivity contribution in [1.29, 1.82) is 0 Å². The molecule has 5 N–H and O–H groups in total. The van der Waals surface area contributed by atoms with E-state index in [0.29, 0.717) is 5.56 Å². The maximum Gasteiger partial charge on any atom is 0.339 e. The standard InChI is InChI=1S/C13H15N3O5S/c14-11(22)4-2-9(13(20)21)16-15-6-7-1-3-10(17)8(5-7)12(18)19/h1,3,5,9,17H,2,4,6H2,(H2,14,22)(H,18,19)(H,20,21). The molecule has 0 aliphatic carbocycles. The molecule has 8 nitrogen and oxygen atoms in total. The van der Waals surface area contributed by atoms with Gasteiger partial charge in [0, 0.05) is 6.42 Å². The van der Waals surface area contributed by atoms with E-state index in [4.69, 9.17) is 15.9 Å². The number of hydrogen-bond donors (Lipinski definition) is 4. The van der Waals surface area contributed by atoms with E-state index in [1.165, 1.54) is 18.2 Å². The Labute approximate surface area is 131 Å². The number of azo groups is 1. The SMILES string of the molecule is NC(=S)CCC(N=NCc1ccc(O)c(C(=O)O)c1)C(=O)O. The van der Waals surface area contributed by atoms with Gasteiger partial charge in [-0.15, -0.1) is 0 Å². The van der Waals surface area contributed by atoms with Gasteiger partial charge in [-0.05, 0) is 24.1 Å². The lowest BCUT2D eigenvalue weighted by Crippen LogP contribution is -2.20. The molecule has 1 aromatic rings. The largest absolute Gasteiger partial charge is 0.507 e. The number of carbonyl (C=O) groups is 2. The number of carboxylic acids is 2. The van der Waals surface area contributed by atoms with Crippen LogP contribution in [0.15, 0.2) is 28.4 Å². The number of thiocarbonyl (C=S) groups is 1. The quantitative estimate of drug-likeness (QED) is 0.419. The van der Waals surface area contributed by atoms with Crippen LogP contribution in [0.2, 0.25) is 0 Å². The zero-order valence-corrected chi connectivity index (χ0v) is 12.3. The van der Waals surface area contributed by atoms with E-state index >= 15 is 0 Å². The van der Waals surface area contributed by atoms with E-state index in [2.05, 4.69) is 22.4 Å². The number of benzene rings is 1. The summed E-state index contributed by atoms with van der Waals surface area (Å²) < 4.78 is 0. The smallest absolute Gasteiger partial charge is 0.339 e. The van der Waals surface area contributed by atoms with Crippen LogP contribution in [-0.4, -0.2) is 38.3 Å². The summed E-state index contributed by atoms with van der Waals surface area (Å²) in [6.45, 7) is -0.00257. The van der Waals surface area contributed by atoms with Crippen molar-refractivity contribution in [1.82, 2.24) is 0 Å². The van der Waals surface area contributed by atoms with Crippen LogP contribution in [0.4, 0.5) is 0 Å². The molecule has 0 bridgehead atoms. The van der Waals surface area contributed by atoms with Crippen LogP contribution in [0.5, 0.6) is 5.75 Å². The number of hydrogen-bond acceptors (Lipinski definition) is 6. The molecule has 0 amide bonds. The van der Waals surface area contributed by atoms with Gasteiger partial charge in [-0.25, -0.2) is 9.59 Å². The third-order valence-electron chi connectivity index (χ3n) is 2.71. The second-order valence-corrected chi connectivity index (χ2v) is 4.96. The van der Waals surface area contributed by atoms with Gasteiger partial charge in [0.15, 0.2) is 6.04 Å². The average Bonchev–Trinajstić information content (AvgIpc) is 2.43. The normalized spacial score (nSPS) is 12.2. The Balaban J connectivity index is 2.74. The minimum Gasteiger partial charge on any atom is -0.507 e. The monoisotopic (exact) mass is 325 g/mol. The van der Waals surface area contributed by atoms with Crippen molar-refractivity contribution >= 4 is 29.1 Å². The first kappa shape index (κ1) is 17.5. The van der Waals surface area contributed by atoms with E-state index in [9.17, 15) is 14.7 Å². The predicted octanol–water partition coefficient (Wildman–Crippen LogP) is 1.56. The minimum atomic E-state index is -1.27. The molecule has 0 saturated heterocycles. The van der Waals surface area contributed by atoms with Crippen LogP contribution >= 0.6 is 12.2 Å². The van der Waals surface area contributed by atoms with Crippen molar-refractivity contribution in [2.45, 2.75) is 25.4 Å². The van der Waals surface area contributed by atoms with E-state index in [1.807, 2.05) is 0 Å². The van der Waals surface area contributed by atoms with Gasteiger partial charge in [0.25, 0.3) is 0 Å². The average molecular weight is 325 g/mol. The zero-order valence-electron chi connectivity index (χ0n) is 11.5. The second kappa shape index (κ2) is 8.03. The fraction of sp³-hybridized carbons (Fsp3) is 0.308. The lowest BCUT2D eigenvalue weighted by atomic mass is 10.1. The Morgan fingerprint density at radius 3 is 2.55 bits per heavy atom. The highest BCUT2D eigenvalue weighted by Crippen LogP contribution is 2.19. The molecular weight excluding hydrogens is 310 g/mol. The molecule has 0 saturated carbocycles. The highest BCUT2D eigenvalue weighted by molar-refractivity contribution is 7.80. The lowest BCUT2D eigenvalue weighted by molar-refractivity contribution is -0.138. The first-order valence-corrected chi connectivity index (χ1v) is 6.65. The molecule has 0 spiro atoms. The fourth-order valence-electron chi connectivity index (χ4n) is 1.58. The molecule has 0 aliphatic rings. The number of nitrogens with two attached hydrogens (primary N) is 1. The van der Waals surface area contributed by atoms with Crippen molar-refractivity contribution in [3.8, 4) is 5.75 Å². The van der Waals surface area contributed by atoms with E-state index in [1.54, 1.807) is 0 Å². The summed E-state index contributed by atoms with van der Waals surface area (Å²) in [4.78, 5) is 22.1. The van der Waals surface area contributed by atoms with Crippen molar-refractivity contribution in [3.05, 3.63) is 29.3 Å². The molecule has 0 heterocycles. The fourth-order valence-corrected chi connectivity index (χ4v) is 1.70. The van der Waals surface area contributed by atoms with Crippen LogP contribution in [-0.2, 0) is 11.3 Å². The number of nitrogens with zero attached hydrogens (tertiary/aromatic N) is 2. The highest BCUT2D eigenvalue weighted by atomic mass is 32.1. The predicted molar refractivity (Wildman–Crippen MR) is 81.1 cm³/mol. The molecule has 22 heavy (non-hydrogen) atoms. The molecule has 118 valence electrons. The Hall–Kier alpha value is -2.55. The Morgan fingerprint density at radius 1 is 1.32 bits per heavy atom. The summed E-state index contributed by atoms with van der Waals surface area (Å²) in [5, 5.41) is 34.7. The van der Waals surface area contributed by atoms with Gasteiger partial charge in [0.05, 0.1) is 11.5 Å². The minimum absolute atomic E-state index is 0.00257. The first-order chi connectivity index (χ1) is 10.3. The van der Waals surface area contributed by atoms with Gasteiger partial charge >= 0.3 is 11.9 Å². The topological polar surface area (TPSA) is 146 Å². The highest BCUT2D eigenvalue weighted by Gasteiger charge is 2.16. The second-order valence-electron chi connectivity index (χ2n) is 4.43. The summed E-state index contributed by atoms with van der Waals surface area (Å²) >= 11 is 4.67. The number of phenols is 1. The Kier molecular flexibility index (Phi) is 6.39. The molecule has 0 aromatic heterocycles. The van der Waals surface area contributed by atoms with Crippen LogP contribution < -0.4 is 5.73 Å². The van der Waals surface area contributed by atoms with E-state index in [-0.39, 0.29) is 35.7 Å². The summed E-state index contributed by atoms with van der Waals surface area (Å²) in [5.41, 5.74) is 5.54. The molecule has 1 rings (SSSR count). The number of aromatic carboxylic acids is 1.